The third-order valence-electron chi connectivity index (χ3n) is 7.55. The number of nitriles is 1. The summed E-state index contributed by atoms with van der Waals surface area (Å²) >= 11 is 19.4. The van der Waals surface area contributed by atoms with Gasteiger partial charge in [-0.2, -0.15) is 27.2 Å². The van der Waals surface area contributed by atoms with Crippen LogP contribution in [0.5, 0.6) is 0 Å². The number of anilines is 4. The fourth-order valence-corrected chi connectivity index (χ4v) is 6.68. The lowest BCUT2D eigenvalue weighted by Crippen LogP contribution is -2.13. The number of carbonyl (C=O) groups excluding carboxylic acids is 2. The van der Waals surface area contributed by atoms with Crippen LogP contribution in [0.25, 0.3) is 5.69 Å². The van der Waals surface area contributed by atoms with Gasteiger partial charge in [0.1, 0.15) is 23.0 Å². The molecule has 0 aliphatic rings. The molecule has 1 aromatic heterocycles. The van der Waals surface area contributed by atoms with Gasteiger partial charge in [0, 0.05) is 40.8 Å². The number of benzene rings is 4. The van der Waals surface area contributed by atoms with E-state index >= 15 is 0 Å². The Bertz CT molecular complexity index is 2740. The zero-order chi connectivity index (χ0) is 41.7. The van der Waals surface area contributed by atoms with E-state index in [4.69, 9.17) is 39.4 Å². The average molecular weight is 870 g/mol. The summed E-state index contributed by atoms with van der Waals surface area (Å²) in [6.45, 7) is 2.83. The molecule has 4 N–H and O–H groups in total. The Hall–Kier alpha value is -5.91. The summed E-state index contributed by atoms with van der Waals surface area (Å²) in [7, 11) is -8.95. The van der Waals surface area contributed by atoms with Gasteiger partial charge in [0.15, 0.2) is 5.82 Å². The van der Waals surface area contributed by atoms with Crippen molar-refractivity contribution in [2.24, 2.45) is 10.2 Å². The number of azo groups is 1. The van der Waals surface area contributed by atoms with Gasteiger partial charge in [-0.1, -0.05) is 40.9 Å². The van der Waals surface area contributed by atoms with Crippen molar-refractivity contribution in [1.82, 2.24) is 9.78 Å². The van der Waals surface area contributed by atoms with Gasteiger partial charge in [-0.25, -0.2) is 4.68 Å². The van der Waals surface area contributed by atoms with Crippen LogP contribution in [-0.2, 0) is 25.0 Å². The fourth-order valence-electron chi connectivity index (χ4n) is 5.09. The Morgan fingerprint density at radius 3 is 2.18 bits per heavy atom. The predicted molar refractivity (Wildman–Crippen MR) is 216 cm³/mol. The Morgan fingerprint density at radius 2 is 1.56 bits per heavy atom. The van der Waals surface area contributed by atoms with E-state index in [1.165, 1.54) is 54.2 Å². The summed E-state index contributed by atoms with van der Waals surface area (Å²) in [5.41, 5.74) is 1.72. The monoisotopic (exact) mass is 868 g/mol. The van der Waals surface area contributed by atoms with Crippen molar-refractivity contribution in [3.05, 3.63) is 135 Å². The Kier molecular flexibility index (Phi) is 13.0. The molecular weight excluding hydrogens is 843 g/mol. The van der Waals surface area contributed by atoms with Crippen molar-refractivity contribution in [1.29, 1.82) is 5.26 Å². The van der Waals surface area contributed by atoms with Crippen molar-refractivity contribution in [2.45, 2.75) is 18.7 Å². The highest BCUT2D eigenvalue weighted by Crippen LogP contribution is 2.39. The van der Waals surface area contributed by atoms with Crippen LogP contribution in [0, 0.1) is 18.3 Å². The molecule has 1 heterocycles. The van der Waals surface area contributed by atoms with Gasteiger partial charge in [-0.3, -0.25) is 18.7 Å². The van der Waals surface area contributed by atoms with Gasteiger partial charge >= 0.3 is 0 Å². The summed E-state index contributed by atoms with van der Waals surface area (Å²) in [6.07, 6.45) is 3.98. The fraction of sp³-hybridized carbons (Fsp3) is 0.0556. The molecule has 0 fully saturated rings. The van der Waals surface area contributed by atoms with E-state index in [9.17, 15) is 36.2 Å². The Balaban J connectivity index is 1.53. The summed E-state index contributed by atoms with van der Waals surface area (Å²) in [5.74, 6) is -1.28. The highest BCUT2D eigenvalue weighted by Gasteiger charge is 2.22. The number of rotatable bonds is 12. The SMILES string of the molecule is CC(=O)Nc1cc(N(/C=C/C=C/S(=O)(=O)O)c2ccc(Cl)cc2)ccc1N=Nc1c(C#N)c(C)nn1-c1c(Cl)cc(NC(=O)c2cccc(S(=O)(=O)O)c2)cc1Cl. The second-order valence-electron chi connectivity index (χ2n) is 11.7. The van der Waals surface area contributed by atoms with E-state index in [2.05, 4.69) is 26.0 Å². The van der Waals surface area contributed by atoms with E-state index in [1.54, 1.807) is 48.2 Å². The van der Waals surface area contributed by atoms with Crippen molar-refractivity contribution in [3.63, 3.8) is 0 Å². The molecule has 5 rings (SSSR count). The second-order valence-corrected chi connectivity index (χ2v) is 15.6. The number of nitrogens with one attached hydrogen (secondary N) is 2. The molecule has 57 heavy (non-hydrogen) atoms. The summed E-state index contributed by atoms with van der Waals surface area (Å²) < 4.78 is 65.1. The molecule has 0 saturated heterocycles. The lowest BCUT2D eigenvalue weighted by Gasteiger charge is -2.22. The van der Waals surface area contributed by atoms with Gasteiger partial charge in [-0.15, -0.1) is 10.2 Å². The first-order valence-electron chi connectivity index (χ1n) is 15.9. The summed E-state index contributed by atoms with van der Waals surface area (Å²) in [5, 5.41) is 29.3. The zero-order valence-electron chi connectivity index (χ0n) is 29.3. The van der Waals surface area contributed by atoms with E-state index in [1.807, 2.05) is 6.07 Å². The average Bonchev–Trinajstić information content (AvgIpc) is 3.44. The summed E-state index contributed by atoms with van der Waals surface area (Å²) in [6, 6.07) is 20.8. The smallest absolute Gasteiger partial charge is 0.294 e. The third-order valence-corrected chi connectivity index (χ3v) is 9.73. The lowest BCUT2D eigenvalue weighted by atomic mass is 10.2. The van der Waals surface area contributed by atoms with Crippen LogP contribution in [0.4, 0.5) is 34.3 Å². The predicted octanol–water partition coefficient (Wildman–Crippen LogP) is 8.94. The zero-order valence-corrected chi connectivity index (χ0v) is 33.2. The maximum atomic E-state index is 12.9. The van der Waals surface area contributed by atoms with Crippen LogP contribution in [-0.4, -0.2) is 47.5 Å². The van der Waals surface area contributed by atoms with E-state index in [0.29, 0.717) is 21.8 Å². The number of hydrogen-bond acceptors (Lipinski definition) is 11. The number of carbonyl (C=O) groups is 2. The highest BCUT2D eigenvalue weighted by atomic mass is 35.5. The van der Waals surface area contributed by atoms with Crippen LogP contribution in [0.3, 0.4) is 0 Å². The second kappa shape index (κ2) is 17.5. The number of allylic oxidation sites excluding steroid dienone is 2. The standard InChI is InChI=1S/C36H27Cl3N8O8S2/c1-21-29(20-40)35(47(45-21)34-30(38)17-25(18-31(34)39)42-36(49)23-6-5-7-28(16-23)57(53,54)55)44-43-32-13-12-27(19-33(32)41-22(2)48)46(14-3-4-15-56(50,51)52)26-10-8-24(37)9-11-26/h3-19H,1-2H3,(H,41,48)(H,42,49)(H,50,51,52)(H,53,54,55)/b14-3+,15-4+,44-43?. The number of aryl methyl sites for hydroxylation is 1. The molecular formula is C36H27Cl3N8O8S2. The topological polar surface area (TPSA) is 237 Å². The molecule has 292 valence electrons. The molecule has 5 aromatic rings. The van der Waals surface area contributed by atoms with Gasteiger partial charge in [0.25, 0.3) is 26.1 Å². The van der Waals surface area contributed by atoms with Gasteiger partial charge in [-0.05, 0) is 91.9 Å². The van der Waals surface area contributed by atoms with Crippen LogP contribution in [0.15, 0.2) is 118 Å². The van der Waals surface area contributed by atoms with Crippen LogP contribution >= 0.6 is 34.8 Å². The first kappa shape index (κ1) is 42.2. The maximum absolute atomic E-state index is 12.9. The number of aromatic nitrogens is 2. The highest BCUT2D eigenvalue weighted by molar-refractivity contribution is 7.88. The van der Waals surface area contributed by atoms with Crippen molar-refractivity contribution in [2.75, 3.05) is 15.5 Å². The minimum absolute atomic E-state index is 0.0108. The normalized spacial score (nSPS) is 12.0. The third kappa shape index (κ3) is 10.7. The molecule has 0 radical (unpaired) electrons. The van der Waals surface area contributed by atoms with Crippen molar-refractivity contribution in [3.8, 4) is 11.8 Å². The van der Waals surface area contributed by atoms with E-state index in [0.717, 1.165) is 18.2 Å². The molecule has 16 nitrogen and oxygen atoms in total. The molecule has 0 unspecified atom stereocenters. The summed E-state index contributed by atoms with van der Waals surface area (Å²) in [4.78, 5) is 26.4. The van der Waals surface area contributed by atoms with Crippen molar-refractivity contribution >= 4 is 101 Å². The molecule has 0 atom stereocenters. The largest absolute Gasteiger partial charge is 0.324 e. The van der Waals surface area contributed by atoms with Crippen molar-refractivity contribution < 1.29 is 35.5 Å². The Labute approximate surface area is 340 Å². The number of amides is 2. The number of halogens is 3. The van der Waals surface area contributed by atoms with Crippen LogP contribution < -0.4 is 15.5 Å². The maximum Gasteiger partial charge on any atom is 0.294 e. The first-order chi connectivity index (χ1) is 26.8. The van der Waals surface area contributed by atoms with Gasteiger partial charge in [0.2, 0.25) is 5.91 Å². The quantitative estimate of drug-likeness (QED) is 0.0524. The molecule has 0 bridgehead atoms. The van der Waals surface area contributed by atoms with E-state index < -0.39 is 36.9 Å². The molecule has 2 amide bonds. The molecule has 0 aliphatic heterocycles. The Morgan fingerprint density at radius 1 is 0.895 bits per heavy atom. The molecule has 4 aromatic carbocycles. The van der Waals surface area contributed by atoms with Gasteiger partial charge in [0.05, 0.1) is 31.7 Å². The lowest BCUT2D eigenvalue weighted by molar-refractivity contribution is -0.114. The molecule has 0 saturated carbocycles. The minimum Gasteiger partial charge on any atom is -0.324 e. The minimum atomic E-state index is -4.57. The van der Waals surface area contributed by atoms with E-state index in [-0.39, 0.29) is 55.4 Å². The number of hydrogen-bond donors (Lipinski definition) is 4. The first-order valence-corrected chi connectivity index (χ1v) is 20.0. The van der Waals surface area contributed by atoms with Crippen LogP contribution in [0.2, 0.25) is 15.1 Å². The molecule has 0 spiro atoms. The van der Waals surface area contributed by atoms with Gasteiger partial charge < -0.3 is 15.5 Å². The number of nitrogens with zero attached hydrogens (tertiary/aromatic N) is 6. The van der Waals surface area contributed by atoms with Crippen LogP contribution in [0.1, 0.15) is 28.5 Å². The molecule has 0 aliphatic carbocycles. The molecule has 21 heteroatoms.